The van der Waals surface area contributed by atoms with Crippen LogP contribution >= 0.6 is 0 Å². The zero-order chi connectivity index (χ0) is 17.3. The molecule has 2 saturated heterocycles. The van der Waals surface area contributed by atoms with Gasteiger partial charge in [0.2, 0.25) is 0 Å². The van der Waals surface area contributed by atoms with Crippen LogP contribution in [0, 0.1) is 20.2 Å². The molecule has 10 heteroatoms. The second-order valence-corrected chi connectivity index (χ2v) is 5.85. The maximum absolute atomic E-state index is 11.8. The molecule has 2 fully saturated rings. The van der Waals surface area contributed by atoms with E-state index in [9.17, 15) is 25.0 Å². The Labute approximate surface area is 137 Å². The van der Waals surface area contributed by atoms with Crippen molar-refractivity contribution in [2.75, 3.05) is 31.1 Å². The fourth-order valence-electron chi connectivity index (χ4n) is 3.30. The highest BCUT2D eigenvalue weighted by Crippen LogP contribution is 2.34. The SMILES string of the molecule is O=C1NCCN1C1CCCN(c2ccc([N+](=O)[O-])cc2[N+](=O)[O-])C1. The smallest absolute Gasteiger partial charge is 0.317 e. The van der Waals surface area contributed by atoms with Crippen LogP contribution < -0.4 is 10.2 Å². The second-order valence-electron chi connectivity index (χ2n) is 5.85. The van der Waals surface area contributed by atoms with E-state index in [4.69, 9.17) is 0 Å². The van der Waals surface area contributed by atoms with E-state index in [1.807, 2.05) is 4.90 Å². The van der Waals surface area contributed by atoms with E-state index >= 15 is 0 Å². The molecule has 3 rings (SSSR count). The molecule has 128 valence electrons. The van der Waals surface area contributed by atoms with Gasteiger partial charge in [0.1, 0.15) is 5.69 Å². The van der Waals surface area contributed by atoms with Crippen molar-refractivity contribution in [2.45, 2.75) is 18.9 Å². The lowest BCUT2D eigenvalue weighted by molar-refractivity contribution is -0.393. The van der Waals surface area contributed by atoms with E-state index in [0.717, 1.165) is 18.9 Å². The number of piperidine rings is 1. The molecule has 0 bridgehead atoms. The van der Waals surface area contributed by atoms with Crippen molar-refractivity contribution in [3.05, 3.63) is 38.4 Å². The van der Waals surface area contributed by atoms with Crippen LogP contribution in [-0.2, 0) is 0 Å². The Morgan fingerprint density at radius 2 is 1.96 bits per heavy atom. The fourth-order valence-corrected chi connectivity index (χ4v) is 3.30. The van der Waals surface area contributed by atoms with E-state index in [0.29, 0.717) is 31.9 Å². The summed E-state index contributed by atoms with van der Waals surface area (Å²) in [6.07, 6.45) is 1.63. The van der Waals surface area contributed by atoms with Crippen LogP contribution in [0.1, 0.15) is 12.8 Å². The number of rotatable bonds is 4. The van der Waals surface area contributed by atoms with Crippen LogP contribution in [0.5, 0.6) is 0 Å². The first kappa shape index (κ1) is 16.0. The number of hydrogen-bond donors (Lipinski definition) is 1. The van der Waals surface area contributed by atoms with E-state index in [2.05, 4.69) is 5.32 Å². The Morgan fingerprint density at radius 3 is 2.58 bits per heavy atom. The third kappa shape index (κ3) is 2.94. The Kier molecular flexibility index (Phi) is 4.19. The van der Waals surface area contributed by atoms with Gasteiger partial charge in [-0.15, -0.1) is 0 Å². The van der Waals surface area contributed by atoms with Gasteiger partial charge in [-0.05, 0) is 18.9 Å². The number of carbonyl (C=O) groups is 1. The lowest BCUT2D eigenvalue weighted by Crippen LogP contribution is -2.49. The first-order chi connectivity index (χ1) is 11.5. The van der Waals surface area contributed by atoms with Crippen molar-refractivity contribution < 1.29 is 14.6 Å². The highest BCUT2D eigenvalue weighted by molar-refractivity contribution is 5.76. The average Bonchev–Trinajstić information content (AvgIpc) is 3.00. The van der Waals surface area contributed by atoms with Gasteiger partial charge in [0.25, 0.3) is 11.4 Å². The van der Waals surface area contributed by atoms with Crippen molar-refractivity contribution in [1.29, 1.82) is 0 Å². The maximum atomic E-state index is 11.8. The van der Waals surface area contributed by atoms with Crippen LogP contribution in [0.15, 0.2) is 18.2 Å². The van der Waals surface area contributed by atoms with E-state index in [1.165, 1.54) is 12.1 Å². The summed E-state index contributed by atoms with van der Waals surface area (Å²) in [4.78, 5) is 36.3. The molecule has 2 aliphatic rings. The number of nitro benzene ring substituents is 2. The molecule has 1 atom stereocenters. The number of nitrogens with zero attached hydrogens (tertiary/aromatic N) is 4. The number of nitro groups is 2. The van der Waals surface area contributed by atoms with Gasteiger partial charge in [0.15, 0.2) is 0 Å². The number of benzene rings is 1. The Morgan fingerprint density at radius 1 is 1.17 bits per heavy atom. The number of non-ortho nitro benzene ring substituents is 1. The van der Waals surface area contributed by atoms with Gasteiger partial charge >= 0.3 is 6.03 Å². The molecule has 0 aromatic heterocycles. The van der Waals surface area contributed by atoms with Crippen LogP contribution in [0.25, 0.3) is 0 Å². The lowest BCUT2D eigenvalue weighted by atomic mass is 10.0. The van der Waals surface area contributed by atoms with Crippen molar-refractivity contribution >= 4 is 23.1 Å². The molecule has 24 heavy (non-hydrogen) atoms. The van der Waals surface area contributed by atoms with Gasteiger partial charge in [-0.3, -0.25) is 20.2 Å². The summed E-state index contributed by atoms with van der Waals surface area (Å²) in [6, 6.07) is 3.55. The minimum atomic E-state index is -0.648. The average molecular weight is 335 g/mol. The summed E-state index contributed by atoms with van der Waals surface area (Å²) < 4.78 is 0. The quantitative estimate of drug-likeness (QED) is 0.657. The predicted octanol–water partition coefficient (Wildman–Crippen LogP) is 1.50. The van der Waals surface area contributed by atoms with Gasteiger partial charge in [-0.2, -0.15) is 0 Å². The molecule has 0 spiro atoms. The largest absolute Gasteiger partial charge is 0.364 e. The Bertz CT molecular complexity index is 694. The molecule has 10 nitrogen and oxygen atoms in total. The van der Waals surface area contributed by atoms with Crippen molar-refractivity contribution in [3.8, 4) is 0 Å². The molecule has 0 radical (unpaired) electrons. The van der Waals surface area contributed by atoms with Gasteiger partial charge in [0, 0.05) is 32.2 Å². The predicted molar refractivity (Wildman–Crippen MR) is 85.1 cm³/mol. The van der Waals surface area contributed by atoms with Crippen molar-refractivity contribution in [2.24, 2.45) is 0 Å². The first-order valence-electron chi connectivity index (χ1n) is 7.69. The third-order valence-electron chi connectivity index (χ3n) is 4.43. The van der Waals surface area contributed by atoms with Crippen LogP contribution in [-0.4, -0.2) is 53.0 Å². The topological polar surface area (TPSA) is 122 Å². The van der Waals surface area contributed by atoms with E-state index < -0.39 is 9.85 Å². The van der Waals surface area contributed by atoms with Crippen LogP contribution in [0.3, 0.4) is 0 Å². The molecule has 0 aliphatic carbocycles. The highest BCUT2D eigenvalue weighted by Gasteiger charge is 2.33. The van der Waals surface area contributed by atoms with E-state index in [-0.39, 0.29) is 23.4 Å². The zero-order valence-electron chi connectivity index (χ0n) is 12.9. The number of hydrogen-bond acceptors (Lipinski definition) is 6. The van der Waals surface area contributed by atoms with E-state index in [1.54, 1.807) is 4.90 Å². The molecular weight excluding hydrogens is 318 g/mol. The molecule has 0 saturated carbocycles. The molecular formula is C14H17N5O5. The summed E-state index contributed by atoms with van der Waals surface area (Å²) in [6.45, 7) is 2.32. The fraction of sp³-hybridized carbons (Fsp3) is 0.500. The lowest BCUT2D eigenvalue weighted by Gasteiger charge is -2.37. The highest BCUT2D eigenvalue weighted by atomic mass is 16.6. The van der Waals surface area contributed by atoms with Crippen molar-refractivity contribution in [1.82, 2.24) is 10.2 Å². The molecule has 1 aromatic rings. The summed E-state index contributed by atoms with van der Waals surface area (Å²) >= 11 is 0. The maximum Gasteiger partial charge on any atom is 0.317 e. The van der Waals surface area contributed by atoms with Gasteiger partial charge in [-0.1, -0.05) is 0 Å². The molecule has 1 unspecified atom stereocenters. The molecule has 2 amide bonds. The zero-order valence-corrected chi connectivity index (χ0v) is 12.9. The minimum absolute atomic E-state index is 0.0175. The summed E-state index contributed by atoms with van der Waals surface area (Å²) in [5, 5.41) is 24.9. The number of urea groups is 1. The standard InChI is InChI=1S/C14H17N5O5/c20-14-15-5-7-17(14)11-2-1-6-16(9-11)12-4-3-10(18(21)22)8-13(12)19(23)24/h3-4,8,11H,1-2,5-7,9H2,(H,15,20). The van der Waals surface area contributed by atoms with Crippen LogP contribution in [0.2, 0.25) is 0 Å². The van der Waals surface area contributed by atoms with Gasteiger partial charge < -0.3 is 15.1 Å². The van der Waals surface area contributed by atoms with Crippen molar-refractivity contribution in [3.63, 3.8) is 0 Å². The molecule has 2 heterocycles. The monoisotopic (exact) mass is 335 g/mol. The summed E-state index contributed by atoms with van der Waals surface area (Å²) in [7, 11) is 0. The normalized spacial score (nSPS) is 20.8. The number of carbonyl (C=O) groups excluding carboxylic acids is 1. The van der Waals surface area contributed by atoms with Crippen LogP contribution in [0.4, 0.5) is 21.9 Å². The summed E-state index contributed by atoms with van der Waals surface area (Å²) in [5.74, 6) is 0. The second kappa shape index (κ2) is 6.30. The number of anilines is 1. The molecule has 1 aromatic carbocycles. The Balaban J connectivity index is 1.86. The molecule has 2 aliphatic heterocycles. The molecule has 1 N–H and O–H groups in total. The van der Waals surface area contributed by atoms with Gasteiger partial charge in [-0.25, -0.2) is 4.79 Å². The third-order valence-corrected chi connectivity index (χ3v) is 4.43. The van der Waals surface area contributed by atoms with Gasteiger partial charge in [0.05, 0.1) is 22.0 Å². The Hall–Kier alpha value is -2.91. The minimum Gasteiger partial charge on any atom is -0.364 e. The number of amides is 2. The first-order valence-corrected chi connectivity index (χ1v) is 7.69. The number of nitrogens with one attached hydrogen (secondary N) is 1. The summed E-state index contributed by atoms with van der Waals surface area (Å²) in [5.41, 5.74) is -0.233.